The normalized spacial score (nSPS) is 15.6. The summed E-state index contributed by atoms with van der Waals surface area (Å²) in [4.78, 5) is 27.8. The van der Waals surface area contributed by atoms with Gasteiger partial charge in [-0.25, -0.2) is 4.39 Å². The van der Waals surface area contributed by atoms with Crippen LogP contribution in [-0.4, -0.2) is 32.1 Å². The van der Waals surface area contributed by atoms with Crippen LogP contribution in [0.15, 0.2) is 101 Å². The number of amides is 1. The number of ketones is 1. The number of benzene rings is 3. The van der Waals surface area contributed by atoms with Crippen LogP contribution in [0.2, 0.25) is 0 Å². The number of hydrogen-bond donors (Lipinski definition) is 2. The molecule has 2 N–H and O–H groups in total. The summed E-state index contributed by atoms with van der Waals surface area (Å²) in [6.07, 6.45) is 2.92. The van der Waals surface area contributed by atoms with Crippen molar-refractivity contribution in [1.29, 1.82) is 0 Å². The van der Waals surface area contributed by atoms with E-state index in [-0.39, 0.29) is 22.3 Å². The Morgan fingerprint density at radius 1 is 1.00 bits per heavy atom. The second-order valence-electron chi connectivity index (χ2n) is 8.31. The number of aromatic hydroxyl groups is 1. The third-order valence-corrected chi connectivity index (χ3v) is 7.91. The lowest BCUT2D eigenvalue weighted by molar-refractivity contribution is -0.117. The summed E-state index contributed by atoms with van der Waals surface area (Å²) in [5.74, 6) is -1.75. The highest BCUT2D eigenvalue weighted by Gasteiger charge is 2.45. The summed E-state index contributed by atoms with van der Waals surface area (Å²) < 4.78 is 13.7. The van der Waals surface area contributed by atoms with Crippen LogP contribution in [0.4, 0.5) is 9.52 Å². The van der Waals surface area contributed by atoms with Gasteiger partial charge in [-0.05, 0) is 47.0 Å². The van der Waals surface area contributed by atoms with Gasteiger partial charge in [0, 0.05) is 5.75 Å². The van der Waals surface area contributed by atoms with E-state index in [0.717, 1.165) is 22.5 Å². The molecule has 3 aromatic carbocycles. The van der Waals surface area contributed by atoms with Gasteiger partial charge in [0.25, 0.3) is 5.91 Å². The Morgan fingerprint density at radius 2 is 1.71 bits per heavy atom. The monoisotopic (exact) mass is 545 g/mol. The molecule has 10 heteroatoms. The van der Waals surface area contributed by atoms with Gasteiger partial charge in [0.05, 0.1) is 11.6 Å². The predicted octanol–water partition coefficient (Wildman–Crippen LogP) is 5.86. The number of hydrogen-bond acceptors (Lipinski definition) is 8. The molecule has 2 heterocycles. The van der Waals surface area contributed by atoms with Gasteiger partial charge in [-0.15, -0.1) is 10.2 Å². The highest BCUT2D eigenvalue weighted by Crippen LogP contribution is 2.43. The largest absolute Gasteiger partial charge is 0.508 e. The van der Waals surface area contributed by atoms with Gasteiger partial charge >= 0.3 is 0 Å². The maximum Gasteiger partial charge on any atom is 0.296 e. The molecule has 1 aliphatic heterocycles. The molecule has 0 aliphatic carbocycles. The molecule has 1 amide bonds. The number of aromatic nitrogens is 2. The van der Waals surface area contributed by atoms with Crippen molar-refractivity contribution in [3.05, 3.63) is 119 Å². The molecule has 0 bridgehead atoms. The molecule has 0 radical (unpaired) electrons. The second kappa shape index (κ2) is 11.0. The minimum atomic E-state index is -0.973. The van der Waals surface area contributed by atoms with Crippen LogP contribution < -0.4 is 4.90 Å². The number of aliphatic hydroxyl groups excluding tert-OH is 1. The van der Waals surface area contributed by atoms with E-state index in [0.29, 0.717) is 15.7 Å². The lowest BCUT2D eigenvalue weighted by Crippen LogP contribution is -2.30. The van der Waals surface area contributed by atoms with Gasteiger partial charge in [-0.2, -0.15) is 0 Å². The molecule has 0 saturated carbocycles. The van der Waals surface area contributed by atoms with Crippen molar-refractivity contribution >= 4 is 46.0 Å². The molecule has 1 aromatic heterocycles. The van der Waals surface area contributed by atoms with Crippen LogP contribution in [0.1, 0.15) is 22.7 Å². The average molecular weight is 546 g/mol. The topological polar surface area (TPSA) is 104 Å². The Balaban J connectivity index is 1.45. The van der Waals surface area contributed by atoms with Gasteiger partial charge in [-0.1, -0.05) is 83.8 Å². The molecule has 1 aliphatic rings. The van der Waals surface area contributed by atoms with E-state index < -0.39 is 23.5 Å². The Hall–Kier alpha value is -4.28. The number of thioether (sulfide) groups is 1. The van der Waals surface area contributed by atoms with Gasteiger partial charge < -0.3 is 10.2 Å². The van der Waals surface area contributed by atoms with Crippen molar-refractivity contribution in [3.63, 3.8) is 0 Å². The van der Waals surface area contributed by atoms with Gasteiger partial charge in [0.2, 0.25) is 5.13 Å². The fourth-order valence-corrected chi connectivity index (χ4v) is 5.76. The zero-order valence-electron chi connectivity index (χ0n) is 19.7. The number of phenols is 1. The zero-order chi connectivity index (χ0) is 26.6. The van der Waals surface area contributed by atoms with E-state index in [9.17, 15) is 24.2 Å². The fourth-order valence-electron chi connectivity index (χ4n) is 3.94. The first-order chi connectivity index (χ1) is 18.4. The number of carbonyl (C=O) groups excluding carboxylic acids is 2. The SMILES string of the molecule is O=C(/C=C/c1ccccc1)C1=C(O)C(=O)N(c2nnc(SCc3ccc(F)cc3)s2)C1c1ccc(O)cc1. The van der Waals surface area contributed by atoms with Crippen LogP contribution in [0.3, 0.4) is 0 Å². The molecule has 190 valence electrons. The predicted molar refractivity (Wildman–Crippen MR) is 144 cm³/mol. The molecule has 1 unspecified atom stereocenters. The van der Waals surface area contributed by atoms with E-state index in [1.807, 2.05) is 30.3 Å². The second-order valence-corrected chi connectivity index (χ2v) is 10.5. The average Bonchev–Trinajstić information content (AvgIpc) is 3.50. The fraction of sp³-hybridized carbons (Fsp3) is 0.0714. The molecule has 38 heavy (non-hydrogen) atoms. The maximum atomic E-state index is 13.3. The summed E-state index contributed by atoms with van der Waals surface area (Å²) in [7, 11) is 0. The number of aliphatic hydroxyl groups is 1. The van der Waals surface area contributed by atoms with Gasteiger partial charge in [0.15, 0.2) is 15.9 Å². The quantitative estimate of drug-likeness (QED) is 0.162. The Bertz CT molecular complexity index is 1530. The number of allylic oxidation sites excluding steroid dienone is 1. The maximum absolute atomic E-state index is 13.3. The first-order valence-corrected chi connectivity index (χ1v) is 13.2. The first kappa shape index (κ1) is 25.4. The Morgan fingerprint density at radius 3 is 2.42 bits per heavy atom. The molecule has 0 spiro atoms. The Kier molecular flexibility index (Phi) is 7.34. The Labute approximate surface area is 225 Å². The number of phenolic OH excluding ortho intramolecular Hbond substituents is 1. The summed E-state index contributed by atoms with van der Waals surface area (Å²) in [5, 5.41) is 29.1. The van der Waals surface area contributed by atoms with Crippen LogP contribution >= 0.6 is 23.1 Å². The number of anilines is 1. The zero-order valence-corrected chi connectivity index (χ0v) is 21.3. The van der Waals surface area contributed by atoms with Crippen molar-refractivity contribution in [2.45, 2.75) is 16.1 Å². The highest BCUT2D eigenvalue weighted by atomic mass is 32.2. The van der Waals surface area contributed by atoms with Crippen molar-refractivity contribution in [2.24, 2.45) is 0 Å². The minimum Gasteiger partial charge on any atom is -0.508 e. The summed E-state index contributed by atoms with van der Waals surface area (Å²) >= 11 is 2.51. The van der Waals surface area contributed by atoms with E-state index in [1.54, 1.807) is 30.3 Å². The first-order valence-electron chi connectivity index (χ1n) is 11.4. The molecular formula is C28H20FN3O4S2. The molecule has 4 aromatic rings. The van der Waals surface area contributed by atoms with E-state index in [1.165, 1.54) is 47.0 Å². The number of carbonyl (C=O) groups is 2. The standard InChI is InChI=1S/C28H20FN3O4S2/c29-20-11-6-18(7-12-20)16-37-28-31-30-27(38-28)32-24(19-9-13-21(33)14-10-19)23(25(35)26(32)36)22(34)15-8-17-4-2-1-3-5-17/h1-15,24,33,35H,16H2/b15-8+. The van der Waals surface area contributed by atoms with Crippen LogP contribution in [0.25, 0.3) is 6.08 Å². The third-order valence-electron chi connectivity index (χ3n) is 5.79. The van der Waals surface area contributed by atoms with E-state index in [2.05, 4.69) is 10.2 Å². The summed E-state index contributed by atoms with van der Waals surface area (Å²) in [6.45, 7) is 0. The molecule has 7 nitrogen and oxygen atoms in total. The van der Waals surface area contributed by atoms with Crippen molar-refractivity contribution in [2.75, 3.05) is 4.90 Å². The van der Waals surface area contributed by atoms with Gasteiger partial charge in [0.1, 0.15) is 11.6 Å². The highest BCUT2D eigenvalue weighted by molar-refractivity contribution is 8.00. The van der Waals surface area contributed by atoms with Crippen LogP contribution in [-0.2, 0) is 15.3 Å². The number of rotatable bonds is 8. The molecular weight excluding hydrogens is 525 g/mol. The molecule has 0 saturated heterocycles. The smallest absolute Gasteiger partial charge is 0.296 e. The van der Waals surface area contributed by atoms with Crippen molar-refractivity contribution in [3.8, 4) is 5.75 Å². The van der Waals surface area contributed by atoms with E-state index in [4.69, 9.17) is 0 Å². The van der Waals surface area contributed by atoms with Crippen LogP contribution in [0.5, 0.6) is 5.75 Å². The minimum absolute atomic E-state index is 0.0186. The lowest BCUT2D eigenvalue weighted by Gasteiger charge is -2.23. The third kappa shape index (κ3) is 5.36. The molecule has 0 fully saturated rings. The summed E-state index contributed by atoms with van der Waals surface area (Å²) in [5.41, 5.74) is 2.09. The molecule has 1 atom stereocenters. The number of halogens is 1. The van der Waals surface area contributed by atoms with Crippen LogP contribution in [0, 0.1) is 5.82 Å². The van der Waals surface area contributed by atoms with E-state index >= 15 is 0 Å². The van der Waals surface area contributed by atoms with Gasteiger partial charge in [-0.3, -0.25) is 14.5 Å². The van der Waals surface area contributed by atoms with Crippen molar-refractivity contribution in [1.82, 2.24) is 10.2 Å². The lowest BCUT2D eigenvalue weighted by atomic mass is 9.95. The summed E-state index contributed by atoms with van der Waals surface area (Å²) in [6, 6.07) is 20.4. The number of nitrogens with zero attached hydrogens (tertiary/aromatic N) is 3. The molecule has 5 rings (SSSR count). The van der Waals surface area contributed by atoms with Crippen molar-refractivity contribution < 1.29 is 24.2 Å².